The van der Waals surface area contributed by atoms with Gasteiger partial charge in [0.05, 0.1) is 6.04 Å². The highest BCUT2D eigenvalue weighted by molar-refractivity contribution is 6.30. The summed E-state index contributed by atoms with van der Waals surface area (Å²) in [4.78, 5) is 12.8. The van der Waals surface area contributed by atoms with Crippen LogP contribution >= 0.6 is 11.6 Å². The fraction of sp³-hybridized carbons (Fsp3) is 0.545. The first-order chi connectivity index (χ1) is 14.1. The SMILES string of the molecule is CC(C)(C)CC(C)(C)NC(=O)c1cc2n(n1)[C@@H](C(F)(F)F)C[C@@H](c1ccc(Cl)cc1)N2. The summed E-state index contributed by atoms with van der Waals surface area (Å²) >= 11 is 5.90. The van der Waals surface area contributed by atoms with Gasteiger partial charge in [-0.05, 0) is 43.4 Å². The van der Waals surface area contributed by atoms with Crippen molar-refractivity contribution in [2.75, 3.05) is 5.32 Å². The summed E-state index contributed by atoms with van der Waals surface area (Å²) < 4.78 is 42.4. The Balaban J connectivity index is 1.89. The Morgan fingerprint density at radius 3 is 2.35 bits per heavy atom. The number of alkyl halides is 3. The minimum Gasteiger partial charge on any atom is -0.363 e. The first kappa shape index (κ1) is 23.4. The van der Waals surface area contributed by atoms with E-state index in [1.807, 2.05) is 13.8 Å². The molecule has 2 N–H and O–H groups in total. The third kappa shape index (κ3) is 5.73. The molecule has 9 heteroatoms. The predicted molar refractivity (Wildman–Crippen MR) is 115 cm³/mol. The number of hydrogen-bond donors (Lipinski definition) is 2. The Kier molecular flexibility index (Phi) is 6.08. The minimum atomic E-state index is -4.51. The number of hydrogen-bond acceptors (Lipinski definition) is 3. The van der Waals surface area contributed by atoms with E-state index in [0.717, 1.165) is 4.68 Å². The Hall–Kier alpha value is -2.22. The van der Waals surface area contributed by atoms with Gasteiger partial charge in [-0.3, -0.25) is 4.79 Å². The molecular formula is C22H28ClF3N4O. The van der Waals surface area contributed by atoms with Gasteiger partial charge in [0.2, 0.25) is 0 Å². The number of carbonyl (C=O) groups excluding carboxylic acids is 1. The van der Waals surface area contributed by atoms with Crippen molar-refractivity contribution < 1.29 is 18.0 Å². The smallest absolute Gasteiger partial charge is 0.363 e. The lowest BCUT2D eigenvalue weighted by Gasteiger charge is -2.33. The van der Waals surface area contributed by atoms with Crippen LogP contribution < -0.4 is 10.6 Å². The van der Waals surface area contributed by atoms with Gasteiger partial charge in [0.15, 0.2) is 11.7 Å². The van der Waals surface area contributed by atoms with Crippen LogP contribution in [0.4, 0.5) is 19.0 Å². The molecule has 2 atom stereocenters. The summed E-state index contributed by atoms with van der Waals surface area (Å²) in [6.07, 6.45) is -4.05. The average Bonchev–Trinajstić information content (AvgIpc) is 3.02. The van der Waals surface area contributed by atoms with Crippen LogP contribution in [0.25, 0.3) is 0 Å². The summed E-state index contributed by atoms with van der Waals surface area (Å²) in [5.74, 6) is -0.339. The molecule has 1 amide bonds. The molecule has 5 nitrogen and oxygen atoms in total. The molecule has 0 spiro atoms. The molecule has 1 aliphatic heterocycles. The lowest BCUT2D eigenvalue weighted by atomic mass is 9.82. The zero-order chi connectivity index (χ0) is 23.2. The number of carbonyl (C=O) groups is 1. The molecule has 0 saturated heterocycles. The van der Waals surface area contributed by atoms with Crippen LogP contribution in [0.3, 0.4) is 0 Å². The van der Waals surface area contributed by atoms with Gasteiger partial charge in [-0.1, -0.05) is 44.5 Å². The van der Waals surface area contributed by atoms with Crippen LogP contribution in [0.5, 0.6) is 0 Å². The molecule has 2 heterocycles. The maximum absolute atomic E-state index is 13.8. The van der Waals surface area contributed by atoms with Crippen molar-refractivity contribution in [1.82, 2.24) is 15.1 Å². The summed E-state index contributed by atoms with van der Waals surface area (Å²) in [6, 6.07) is 5.63. The third-order valence-corrected chi connectivity index (χ3v) is 5.37. The van der Waals surface area contributed by atoms with Gasteiger partial charge in [-0.25, -0.2) is 4.68 Å². The lowest BCUT2D eigenvalue weighted by molar-refractivity contribution is -0.173. The number of anilines is 1. The molecule has 0 unspecified atom stereocenters. The van der Waals surface area contributed by atoms with E-state index >= 15 is 0 Å². The molecular weight excluding hydrogens is 429 g/mol. The molecule has 1 aromatic carbocycles. The highest BCUT2D eigenvalue weighted by atomic mass is 35.5. The van der Waals surface area contributed by atoms with Crippen LogP contribution in [0, 0.1) is 5.41 Å². The minimum absolute atomic E-state index is 0.0288. The fourth-order valence-corrected chi connectivity index (χ4v) is 4.47. The van der Waals surface area contributed by atoms with Gasteiger partial charge >= 0.3 is 6.18 Å². The molecule has 0 aliphatic carbocycles. The molecule has 1 aromatic heterocycles. The quantitative estimate of drug-likeness (QED) is 0.580. The molecule has 0 fully saturated rings. The van der Waals surface area contributed by atoms with Crippen LogP contribution in [-0.2, 0) is 0 Å². The molecule has 0 bridgehead atoms. The number of rotatable bonds is 4. The second kappa shape index (κ2) is 8.04. The molecule has 2 aromatic rings. The predicted octanol–water partition coefficient (Wildman–Crippen LogP) is 6.14. The van der Waals surface area contributed by atoms with Crippen LogP contribution in [0.1, 0.15) is 75.6 Å². The van der Waals surface area contributed by atoms with E-state index < -0.39 is 29.7 Å². The van der Waals surface area contributed by atoms with Crippen LogP contribution in [0.15, 0.2) is 30.3 Å². The Morgan fingerprint density at radius 2 is 1.81 bits per heavy atom. The number of fused-ring (bicyclic) bond motifs is 1. The van der Waals surface area contributed by atoms with E-state index in [2.05, 4.69) is 36.5 Å². The summed E-state index contributed by atoms with van der Waals surface area (Å²) in [5.41, 5.74) is 0.0695. The van der Waals surface area contributed by atoms with Crippen molar-refractivity contribution in [2.45, 2.75) is 71.3 Å². The number of aromatic nitrogens is 2. The van der Waals surface area contributed by atoms with E-state index in [1.54, 1.807) is 24.3 Å². The summed E-state index contributed by atoms with van der Waals surface area (Å²) in [5, 5.41) is 10.5. The Morgan fingerprint density at radius 1 is 1.19 bits per heavy atom. The van der Waals surface area contributed by atoms with E-state index in [4.69, 9.17) is 11.6 Å². The second-order valence-electron chi connectivity index (χ2n) is 9.98. The summed E-state index contributed by atoms with van der Waals surface area (Å²) in [6.45, 7) is 9.96. The Bertz CT molecular complexity index is 945. The average molecular weight is 457 g/mol. The van der Waals surface area contributed by atoms with Crippen molar-refractivity contribution in [3.8, 4) is 0 Å². The molecule has 3 rings (SSSR count). The molecule has 31 heavy (non-hydrogen) atoms. The highest BCUT2D eigenvalue weighted by Gasteiger charge is 2.47. The van der Waals surface area contributed by atoms with E-state index in [0.29, 0.717) is 17.0 Å². The van der Waals surface area contributed by atoms with Gasteiger partial charge < -0.3 is 10.6 Å². The highest BCUT2D eigenvalue weighted by Crippen LogP contribution is 2.43. The van der Waals surface area contributed by atoms with Crippen molar-refractivity contribution >= 4 is 23.3 Å². The van der Waals surface area contributed by atoms with Crippen molar-refractivity contribution in [1.29, 1.82) is 0 Å². The zero-order valence-corrected chi connectivity index (χ0v) is 19.0. The topological polar surface area (TPSA) is 59.0 Å². The number of halogens is 4. The number of nitrogens with one attached hydrogen (secondary N) is 2. The summed E-state index contributed by atoms with van der Waals surface area (Å²) in [7, 11) is 0. The maximum Gasteiger partial charge on any atom is 0.410 e. The van der Waals surface area contributed by atoms with Crippen LogP contribution in [0.2, 0.25) is 5.02 Å². The number of nitrogens with zero attached hydrogens (tertiary/aromatic N) is 2. The molecule has 170 valence electrons. The third-order valence-electron chi connectivity index (χ3n) is 5.12. The van der Waals surface area contributed by atoms with Gasteiger partial charge in [0.1, 0.15) is 5.82 Å². The number of amides is 1. The normalized spacial score (nSPS) is 19.5. The molecule has 1 aliphatic rings. The molecule has 0 saturated carbocycles. The zero-order valence-electron chi connectivity index (χ0n) is 18.3. The van der Waals surface area contributed by atoms with E-state index in [9.17, 15) is 18.0 Å². The first-order valence-corrected chi connectivity index (χ1v) is 10.5. The van der Waals surface area contributed by atoms with Crippen molar-refractivity contribution in [3.63, 3.8) is 0 Å². The first-order valence-electron chi connectivity index (χ1n) is 10.2. The standard InChI is InChI=1S/C22H28ClF3N4O/c1-20(2,3)12-21(4,5)28-19(31)16-11-18-27-15(13-6-8-14(23)9-7-13)10-17(22(24,25)26)30(18)29-16/h6-9,11,15,17,27H,10,12H2,1-5H3,(H,28,31)/t15-,17+/m0/s1. The van der Waals surface area contributed by atoms with Gasteiger partial charge in [0, 0.05) is 23.0 Å². The van der Waals surface area contributed by atoms with Gasteiger partial charge in [-0.2, -0.15) is 18.3 Å². The fourth-order valence-electron chi connectivity index (χ4n) is 4.34. The monoisotopic (exact) mass is 456 g/mol. The van der Waals surface area contributed by atoms with Crippen LogP contribution in [-0.4, -0.2) is 27.4 Å². The number of benzene rings is 1. The van der Waals surface area contributed by atoms with E-state index in [1.165, 1.54) is 6.07 Å². The molecule has 0 radical (unpaired) electrons. The largest absolute Gasteiger partial charge is 0.410 e. The maximum atomic E-state index is 13.8. The van der Waals surface area contributed by atoms with Crippen molar-refractivity contribution in [2.24, 2.45) is 5.41 Å². The van der Waals surface area contributed by atoms with E-state index in [-0.39, 0.29) is 23.3 Å². The van der Waals surface area contributed by atoms with Gasteiger partial charge in [0.25, 0.3) is 5.91 Å². The second-order valence-corrected chi connectivity index (χ2v) is 10.4. The lowest BCUT2D eigenvalue weighted by Crippen LogP contribution is -2.46. The van der Waals surface area contributed by atoms with Crippen molar-refractivity contribution in [3.05, 3.63) is 46.6 Å². The Labute approximate surface area is 185 Å². The van der Waals surface area contributed by atoms with Gasteiger partial charge in [-0.15, -0.1) is 0 Å².